The molecule has 0 unspecified atom stereocenters. The fourth-order valence-corrected chi connectivity index (χ4v) is 4.98. The van der Waals surface area contributed by atoms with Gasteiger partial charge in [0.05, 0.1) is 17.1 Å². The summed E-state index contributed by atoms with van der Waals surface area (Å²) in [5.41, 5.74) is 1.58. The monoisotopic (exact) mass is 416 g/mol. The lowest BCUT2D eigenvalue weighted by molar-refractivity contribution is -0.126. The van der Waals surface area contributed by atoms with Crippen LogP contribution in [0.5, 0.6) is 0 Å². The van der Waals surface area contributed by atoms with Crippen molar-refractivity contribution in [1.82, 2.24) is 19.0 Å². The van der Waals surface area contributed by atoms with E-state index in [4.69, 9.17) is 0 Å². The number of imidazole rings is 1. The Morgan fingerprint density at radius 2 is 1.86 bits per heavy atom. The topological polar surface area (TPSA) is 83.8 Å². The first-order valence-corrected chi connectivity index (χ1v) is 10.8. The Morgan fingerprint density at radius 1 is 1.14 bits per heavy atom. The number of amides is 1. The third-order valence-electron chi connectivity index (χ3n) is 5.13. The first kappa shape index (κ1) is 19.5. The maximum Gasteiger partial charge on any atom is 0.243 e. The number of rotatable bonds is 5. The maximum atomic E-state index is 13.1. The number of nitrogens with one attached hydrogen (secondary N) is 1. The van der Waals surface area contributed by atoms with Crippen molar-refractivity contribution in [2.24, 2.45) is 5.92 Å². The number of nitrogens with zero attached hydrogens (tertiary/aromatic N) is 3. The van der Waals surface area contributed by atoms with Gasteiger partial charge in [-0.2, -0.15) is 4.31 Å². The second-order valence-electron chi connectivity index (χ2n) is 7.05. The molecule has 1 aliphatic heterocycles. The van der Waals surface area contributed by atoms with Crippen molar-refractivity contribution >= 4 is 21.6 Å². The maximum absolute atomic E-state index is 13.1. The number of carbonyl (C=O) groups excluding carboxylic acids is 1. The summed E-state index contributed by atoms with van der Waals surface area (Å²) in [6, 6.07) is 10.5. The van der Waals surface area contributed by atoms with Crippen molar-refractivity contribution in [1.29, 1.82) is 0 Å². The summed E-state index contributed by atoms with van der Waals surface area (Å²) >= 11 is 0. The molecule has 3 heterocycles. The molecule has 0 spiro atoms. The van der Waals surface area contributed by atoms with Gasteiger partial charge in [0.15, 0.2) is 0 Å². The molecule has 0 aliphatic carbocycles. The van der Waals surface area contributed by atoms with Gasteiger partial charge in [-0.15, -0.1) is 0 Å². The Bertz CT molecular complexity index is 1090. The molecule has 9 heteroatoms. The predicted molar refractivity (Wildman–Crippen MR) is 105 cm³/mol. The molecule has 0 bridgehead atoms. The molecule has 152 valence electrons. The number of hydrogen-bond donors (Lipinski definition) is 1. The summed E-state index contributed by atoms with van der Waals surface area (Å²) in [6.07, 6.45) is 4.65. The number of carbonyl (C=O) groups is 1. The standard InChI is InChI=1S/C20H21FN4O3S/c21-16-4-6-18(7-5-16)29(27,28)25-11-8-15(9-12-25)20(26)22-13-17-14-24-10-2-1-3-19(24)23-17/h1-7,10,14-15H,8-9,11-13H2,(H,22,26). The highest BCUT2D eigenvalue weighted by molar-refractivity contribution is 7.89. The number of benzene rings is 1. The minimum atomic E-state index is -3.68. The molecule has 0 saturated carbocycles. The van der Waals surface area contributed by atoms with Gasteiger partial charge < -0.3 is 9.72 Å². The van der Waals surface area contributed by atoms with E-state index in [9.17, 15) is 17.6 Å². The highest BCUT2D eigenvalue weighted by Gasteiger charge is 2.32. The van der Waals surface area contributed by atoms with E-state index in [0.717, 1.165) is 23.5 Å². The average molecular weight is 416 g/mol. The van der Waals surface area contributed by atoms with E-state index in [1.165, 1.54) is 16.4 Å². The van der Waals surface area contributed by atoms with Crippen LogP contribution < -0.4 is 5.32 Å². The van der Waals surface area contributed by atoms with E-state index in [-0.39, 0.29) is 29.8 Å². The molecule has 29 heavy (non-hydrogen) atoms. The molecule has 0 radical (unpaired) electrons. The quantitative estimate of drug-likeness (QED) is 0.691. The molecule has 0 atom stereocenters. The van der Waals surface area contributed by atoms with Gasteiger partial charge in [-0.25, -0.2) is 17.8 Å². The Hall–Kier alpha value is -2.78. The van der Waals surface area contributed by atoms with E-state index in [2.05, 4.69) is 10.3 Å². The van der Waals surface area contributed by atoms with Crippen LogP contribution in [0.3, 0.4) is 0 Å². The summed E-state index contributed by atoms with van der Waals surface area (Å²) in [5.74, 6) is -0.822. The van der Waals surface area contributed by atoms with Gasteiger partial charge in [-0.3, -0.25) is 4.79 Å². The minimum Gasteiger partial charge on any atom is -0.350 e. The number of aromatic nitrogens is 2. The van der Waals surface area contributed by atoms with Crippen LogP contribution in [0, 0.1) is 11.7 Å². The van der Waals surface area contributed by atoms with Gasteiger partial charge in [0.1, 0.15) is 11.5 Å². The van der Waals surface area contributed by atoms with E-state index in [0.29, 0.717) is 19.4 Å². The van der Waals surface area contributed by atoms with Gasteiger partial charge >= 0.3 is 0 Å². The lowest BCUT2D eigenvalue weighted by Crippen LogP contribution is -2.42. The van der Waals surface area contributed by atoms with E-state index in [1.807, 2.05) is 35.0 Å². The van der Waals surface area contributed by atoms with Gasteiger partial charge in [-0.05, 0) is 49.2 Å². The highest BCUT2D eigenvalue weighted by atomic mass is 32.2. The fraction of sp³-hybridized carbons (Fsp3) is 0.300. The highest BCUT2D eigenvalue weighted by Crippen LogP contribution is 2.24. The molecule has 2 aromatic heterocycles. The molecule has 1 fully saturated rings. The Labute approximate surface area is 168 Å². The van der Waals surface area contributed by atoms with Crippen molar-refractivity contribution in [2.45, 2.75) is 24.3 Å². The number of halogens is 1. The lowest BCUT2D eigenvalue weighted by Gasteiger charge is -2.30. The molecular formula is C20H21FN4O3S. The second-order valence-corrected chi connectivity index (χ2v) is 8.99. The van der Waals surface area contributed by atoms with Crippen molar-refractivity contribution in [3.05, 3.63) is 66.4 Å². The minimum absolute atomic E-state index is 0.0636. The van der Waals surface area contributed by atoms with Gasteiger partial charge in [0, 0.05) is 31.4 Å². The second kappa shape index (κ2) is 7.92. The van der Waals surface area contributed by atoms with Crippen LogP contribution in [0.1, 0.15) is 18.5 Å². The van der Waals surface area contributed by atoms with E-state index < -0.39 is 15.8 Å². The molecule has 1 aromatic carbocycles. The zero-order valence-electron chi connectivity index (χ0n) is 15.7. The molecule has 1 N–H and O–H groups in total. The van der Waals surface area contributed by atoms with Gasteiger partial charge in [-0.1, -0.05) is 6.07 Å². The van der Waals surface area contributed by atoms with Crippen LogP contribution in [-0.4, -0.2) is 41.1 Å². The van der Waals surface area contributed by atoms with Crippen molar-refractivity contribution in [3.63, 3.8) is 0 Å². The summed E-state index contributed by atoms with van der Waals surface area (Å²) in [5, 5.41) is 2.90. The summed E-state index contributed by atoms with van der Waals surface area (Å²) in [7, 11) is -3.68. The van der Waals surface area contributed by atoms with E-state index in [1.54, 1.807) is 0 Å². The number of fused-ring (bicyclic) bond motifs is 1. The van der Waals surface area contributed by atoms with Crippen LogP contribution in [0.4, 0.5) is 4.39 Å². The summed E-state index contributed by atoms with van der Waals surface area (Å²) in [6.45, 7) is 0.840. The number of piperidine rings is 1. The third kappa shape index (κ3) is 4.15. The Kier molecular flexibility index (Phi) is 5.33. The summed E-state index contributed by atoms with van der Waals surface area (Å²) in [4.78, 5) is 17.0. The molecule has 1 saturated heterocycles. The molecular weight excluding hydrogens is 395 g/mol. The van der Waals surface area contributed by atoms with Crippen LogP contribution >= 0.6 is 0 Å². The largest absolute Gasteiger partial charge is 0.350 e. The number of pyridine rings is 1. The van der Waals surface area contributed by atoms with Gasteiger partial charge in [0.2, 0.25) is 15.9 Å². The fourth-order valence-electron chi connectivity index (χ4n) is 3.51. The predicted octanol–water partition coefficient (Wildman–Crippen LogP) is 2.19. The number of hydrogen-bond acceptors (Lipinski definition) is 4. The Balaban J connectivity index is 1.32. The van der Waals surface area contributed by atoms with Gasteiger partial charge in [0.25, 0.3) is 0 Å². The summed E-state index contributed by atoms with van der Waals surface area (Å²) < 4.78 is 41.6. The zero-order valence-corrected chi connectivity index (χ0v) is 16.5. The van der Waals surface area contributed by atoms with Crippen molar-refractivity contribution in [2.75, 3.05) is 13.1 Å². The van der Waals surface area contributed by atoms with E-state index >= 15 is 0 Å². The SMILES string of the molecule is O=C(NCc1cn2ccccc2n1)C1CCN(S(=O)(=O)c2ccc(F)cc2)CC1. The number of sulfonamides is 1. The molecule has 3 aromatic rings. The van der Waals surface area contributed by atoms with Crippen molar-refractivity contribution in [3.8, 4) is 0 Å². The first-order valence-electron chi connectivity index (χ1n) is 9.39. The molecule has 7 nitrogen and oxygen atoms in total. The molecule has 1 amide bonds. The van der Waals surface area contributed by atoms with Crippen molar-refractivity contribution < 1.29 is 17.6 Å². The average Bonchev–Trinajstić information content (AvgIpc) is 3.15. The Morgan fingerprint density at radius 3 is 2.55 bits per heavy atom. The molecule has 1 aliphatic rings. The lowest BCUT2D eigenvalue weighted by atomic mass is 9.97. The van der Waals surface area contributed by atoms with Crippen LogP contribution in [0.15, 0.2) is 59.8 Å². The first-order chi connectivity index (χ1) is 13.9. The molecule has 4 rings (SSSR count). The zero-order chi connectivity index (χ0) is 20.4. The normalized spacial score (nSPS) is 16.2. The third-order valence-corrected chi connectivity index (χ3v) is 7.05. The smallest absolute Gasteiger partial charge is 0.243 e. The van der Waals surface area contributed by atoms with Crippen LogP contribution in [0.25, 0.3) is 5.65 Å². The van der Waals surface area contributed by atoms with Crippen LogP contribution in [-0.2, 0) is 21.4 Å². The van der Waals surface area contributed by atoms with Crippen LogP contribution in [0.2, 0.25) is 0 Å².